The van der Waals surface area contributed by atoms with Crippen molar-refractivity contribution in [3.8, 4) is 11.4 Å². The van der Waals surface area contributed by atoms with Crippen molar-refractivity contribution in [2.45, 2.75) is 0 Å². The van der Waals surface area contributed by atoms with Crippen molar-refractivity contribution in [3.05, 3.63) is 46.6 Å². The lowest BCUT2D eigenvalue weighted by Crippen LogP contribution is -2.15. The van der Waals surface area contributed by atoms with Gasteiger partial charge in [0.1, 0.15) is 5.56 Å². The number of pyridine rings is 1. The summed E-state index contributed by atoms with van der Waals surface area (Å²) in [5.74, 6) is -1.16. The van der Waals surface area contributed by atoms with E-state index in [4.69, 9.17) is 5.11 Å². The topological polar surface area (TPSA) is 95.9 Å². The fourth-order valence-corrected chi connectivity index (χ4v) is 1.27. The highest BCUT2D eigenvalue weighted by atomic mass is 16.4. The maximum absolute atomic E-state index is 11.1. The number of aromatic nitrogens is 3. The second-order valence-electron chi connectivity index (χ2n) is 3.00. The van der Waals surface area contributed by atoms with Crippen LogP contribution < -0.4 is 5.69 Å². The van der Waals surface area contributed by atoms with Crippen LogP contribution in [-0.2, 0) is 0 Å². The first-order valence-electron chi connectivity index (χ1n) is 4.42. The molecular formula is C10H7N3O3. The summed E-state index contributed by atoms with van der Waals surface area (Å²) in [6.45, 7) is 0. The zero-order valence-corrected chi connectivity index (χ0v) is 8.04. The molecular weight excluding hydrogens is 210 g/mol. The highest BCUT2D eigenvalue weighted by Gasteiger charge is 2.13. The van der Waals surface area contributed by atoms with Gasteiger partial charge in [0.15, 0.2) is 0 Å². The molecule has 2 rings (SSSR count). The smallest absolute Gasteiger partial charge is 0.345 e. The fourth-order valence-electron chi connectivity index (χ4n) is 1.27. The highest BCUT2D eigenvalue weighted by Crippen LogP contribution is 2.16. The van der Waals surface area contributed by atoms with E-state index in [1.54, 1.807) is 18.2 Å². The Morgan fingerprint density at radius 3 is 2.75 bits per heavy atom. The molecule has 2 aromatic heterocycles. The summed E-state index contributed by atoms with van der Waals surface area (Å²) in [5.41, 5.74) is -0.142. The van der Waals surface area contributed by atoms with E-state index in [2.05, 4.69) is 15.0 Å². The van der Waals surface area contributed by atoms with E-state index < -0.39 is 11.7 Å². The van der Waals surface area contributed by atoms with Gasteiger partial charge in [0, 0.05) is 12.4 Å². The van der Waals surface area contributed by atoms with Crippen molar-refractivity contribution in [1.82, 2.24) is 15.0 Å². The standard InChI is InChI=1S/C10H7N3O3/c14-9(15)6-5-12-10(16)13-8(6)7-3-1-2-4-11-7/h1-5H,(H,14,15)(H,12,13,16). The summed E-state index contributed by atoms with van der Waals surface area (Å²) in [4.78, 5) is 31.7. The first-order valence-corrected chi connectivity index (χ1v) is 4.42. The summed E-state index contributed by atoms with van der Waals surface area (Å²) in [6, 6.07) is 5.01. The number of rotatable bonds is 2. The molecule has 6 nitrogen and oxygen atoms in total. The number of aromatic amines is 1. The lowest BCUT2D eigenvalue weighted by atomic mass is 10.1. The van der Waals surface area contributed by atoms with Gasteiger partial charge in [-0.2, -0.15) is 0 Å². The Morgan fingerprint density at radius 2 is 2.12 bits per heavy atom. The average Bonchev–Trinajstić information content (AvgIpc) is 2.29. The van der Waals surface area contributed by atoms with Crippen LogP contribution in [0.25, 0.3) is 11.4 Å². The molecule has 0 unspecified atom stereocenters. The Bertz CT molecular complexity index is 577. The van der Waals surface area contributed by atoms with Gasteiger partial charge in [-0.05, 0) is 12.1 Å². The second kappa shape index (κ2) is 3.93. The molecule has 0 bridgehead atoms. The molecule has 2 N–H and O–H groups in total. The molecule has 2 heterocycles. The van der Waals surface area contributed by atoms with Gasteiger partial charge in [-0.1, -0.05) is 6.07 Å². The van der Waals surface area contributed by atoms with E-state index in [9.17, 15) is 9.59 Å². The van der Waals surface area contributed by atoms with Gasteiger partial charge >= 0.3 is 11.7 Å². The summed E-state index contributed by atoms with van der Waals surface area (Å²) < 4.78 is 0. The maximum Gasteiger partial charge on any atom is 0.345 e. The average molecular weight is 217 g/mol. The Balaban J connectivity index is 2.68. The molecule has 16 heavy (non-hydrogen) atoms. The summed E-state index contributed by atoms with van der Waals surface area (Å²) >= 11 is 0. The number of carbonyl (C=O) groups is 1. The van der Waals surface area contributed by atoms with Gasteiger partial charge < -0.3 is 10.1 Å². The molecule has 0 aromatic carbocycles. The van der Waals surface area contributed by atoms with Gasteiger partial charge in [0.2, 0.25) is 0 Å². The highest BCUT2D eigenvalue weighted by molar-refractivity contribution is 5.93. The number of H-pyrrole nitrogens is 1. The monoisotopic (exact) mass is 217 g/mol. The molecule has 0 fully saturated rings. The molecule has 0 aliphatic carbocycles. The van der Waals surface area contributed by atoms with Gasteiger partial charge in [-0.25, -0.2) is 14.6 Å². The molecule has 0 saturated carbocycles. The van der Waals surface area contributed by atoms with Crippen molar-refractivity contribution >= 4 is 5.97 Å². The third-order valence-corrected chi connectivity index (χ3v) is 1.96. The molecule has 0 spiro atoms. The van der Waals surface area contributed by atoms with E-state index in [0.29, 0.717) is 5.69 Å². The Kier molecular flexibility index (Phi) is 2.47. The SMILES string of the molecule is O=C(O)c1cnc(=O)[nH]c1-c1ccccn1. The first-order chi connectivity index (χ1) is 7.68. The number of nitrogens with one attached hydrogen (secondary N) is 1. The van der Waals surface area contributed by atoms with Gasteiger partial charge in [-0.15, -0.1) is 0 Å². The van der Waals surface area contributed by atoms with Crippen LogP contribution in [0.3, 0.4) is 0 Å². The van der Waals surface area contributed by atoms with Crippen molar-refractivity contribution in [2.24, 2.45) is 0 Å². The predicted octanol–water partition coefficient (Wildman–Crippen LogP) is 0.530. The zero-order valence-electron chi connectivity index (χ0n) is 8.04. The van der Waals surface area contributed by atoms with E-state index in [-0.39, 0.29) is 11.3 Å². The third kappa shape index (κ3) is 1.81. The molecule has 0 radical (unpaired) electrons. The van der Waals surface area contributed by atoms with Gasteiger partial charge in [-0.3, -0.25) is 4.98 Å². The van der Waals surface area contributed by atoms with E-state index >= 15 is 0 Å². The molecule has 0 aliphatic heterocycles. The van der Waals surface area contributed by atoms with Crippen LogP contribution in [0, 0.1) is 0 Å². The molecule has 6 heteroatoms. The number of aromatic carboxylic acids is 1. The Labute approximate surface area is 89.6 Å². The maximum atomic E-state index is 11.1. The molecule has 0 amide bonds. The largest absolute Gasteiger partial charge is 0.478 e. The fraction of sp³-hybridized carbons (Fsp3) is 0. The van der Waals surface area contributed by atoms with Crippen molar-refractivity contribution in [2.75, 3.05) is 0 Å². The van der Waals surface area contributed by atoms with E-state index in [1.165, 1.54) is 6.20 Å². The van der Waals surface area contributed by atoms with Gasteiger partial charge in [0.25, 0.3) is 0 Å². The van der Waals surface area contributed by atoms with Crippen LogP contribution in [0.2, 0.25) is 0 Å². The molecule has 2 aromatic rings. The van der Waals surface area contributed by atoms with E-state index in [1.807, 2.05) is 0 Å². The Hall–Kier alpha value is -2.50. The summed E-state index contributed by atoms with van der Waals surface area (Å²) in [6.07, 6.45) is 2.53. The second-order valence-corrected chi connectivity index (χ2v) is 3.00. The lowest BCUT2D eigenvalue weighted by Gasteiger charge is -2.03. The minimum atomic E-state index is -1.16. The lowest BCUT2D eigenvalue weighted by molar-refractivity contribution is 0.0697. The Morgan fingerprint density at radius 1 is 1.31 bits per heavy atom. The van der Waals surface area contributed by atoms with Crippen LogP contribution in [0.1, 0.15) is 10.4 Å². The summed E-state index contributed by atoms with van der Waals surface area (Å²) in [5, 5.41) is 8.93. The number of hydrogen-bond acceptors (Lipinski definition) is 4. The number of carboxylic acid groups (broad SMARTS) is 1. The zero-order chi connectivity index (χ0) is 11.5. The van der Waals surface area contributed by atoms with Crippen LogP contribution >= 0.6 is 0 Å². The van der Waals surface area contributed by atoms with Crippen LogP contribution in [-0.4, -0.2) is 26.0 Å². The minimum Gasteiger partial charge on any atom is -0.478 e. The number of hydrogen-bond donors (Lipinski definition) is 2. The quantitative estimate of drug-likeness (QED) is 0.764. The number of carboxylic acids is 1. The van der Waals surface area contributed by atoms with Crippen LogP contribution in [0.4, 0.5) is 0 Å². The molecule has 80 valence electrons. The van der Waals surface area contributed by atoms with Crippen LogP contribution in [0.15, 0.2) is 35.4 Å². The molecule has 0 saturated heterocycles. The predicted molar refractivity (Wildman–Crippen MR) is 55.0 cm³/mol. The van der Waals surface area contributed by atoms with Crippen molar-refractivity contribution in [1.29, 1.82) is 0 Å². The van der Waals surface area contributed by atoms with Crippen molar-refractivity contribution < 1.29 is 9.90 Å². The molecule has 0 atom stereocenters. The molecule has 0 aliphatic rings. The third-order valence-electron chi connectivity index (χ3n) is 1.96. The van der Waals surface area contributed by atoms with Crippen molar-refractivity contribution in [3.63, 3.8) is 0 Å². The van der Waals surface area contributed by atoms with Gasteiger partial charge in [0.05, 0.1) is 11.4 Å². The minimum absolute atomic E-state index is 0.0849. The summed E-state index contributed by atoms with van der Waals surface area (Å²) in [7, 11) is 0. The number of nitrogens with zero attached hydrogens (tertiary/aromatic N) is 2. The van der Waals surface area contributed by atoms with E-state index in [0.717, 1.165) is 6.20 Å². The normalized spacial score (nSPS) is 10.0. The van der Waals surface area contributed by atoms with Crippen LogP contribution in [0.5, 0.6) is 0 Å². The first kappa shape index (κ1) is 10.0.